The third-order valence-electron chi connectivity index (χ3n) is 6.19. The summed E-state index contributed by atoms with van der Waals surface area (Å²) in [4.78, 5) is 0. The first-order chi connectivity index (χ1) is 13.1. The lowest BCUT2D eigenvalue weighted by Gasteiger charge is -2.29. The van der Waals surface area contributed by atoms with Crippen molar-refractivity contribution in [2.75, 3.05) is 0 Å². The van der Waals surface area contributed by atoms with Crippen molar-refractivity contribution in [2.45, 2.75) is 77.6 Å². The Morgan fingerprint density at radius 3 is 2.15 bits per heavy atom. The quantitative estimate of drug-likeness (QED) is 0.462. The Morgan fingerprint density at radius 1 is 0.815 bits per heavy atom. The molecule has 2 aromatic carbocycles. The topological polar surface area (TPSA) is 0 Å². The van der Waals surface area contributed by atoms with Gasteiger partial charge in [0, 0.05) is 5.56 Å². The molecule has 146 valence electrons. The summed E-state index contributed by atoms with van der Waals surface area (Å²) in [6.07, 6.45) is 10.6. The largest absolute Gasteiger partial charge is 0.203 e. The maximum atomic E-state index is 14.5. The number of benzene rings is 2. The van der Waals surface area contributed by atoms with E-state index < -0.39 is 11.6 Å². The Hall–Kier alpha value is -1.70. The lowest BCUT2D eigenvalue weighted by molar-refractivity contribution is 0.304. The summed E-state index contributed by atoms with van der Waals surface area (Å²) in [5, 5.41) is 0. The van der Waals surface area contributed by atoms with Crippen LogP contribution in [0.5, 0.6) is 0 Å². The SMILES string of the molecule is CCCCC1CCC(c2ccc(-c3ccc(CCC)c(F)c3F)cc2)CC1. The van der Waals surface area contributed by atoms with E-state index in [4.69, 9.17) is 0 Å². The molecule has 0 nitrogen and oxygen atoms in total. The smallest absolute Gasteiger partial charge is 0.166 e. The fourth-order valence-corrected chi connectivity index (χ4v) is 4.49. The van der Waals surface area contributed by atoms with Crippen LogP contribution < -0.4 is 0 Å². The summed E-state index contributed by atoms with van der Waals surface area (Å²) in [5.74, 6) is 0.110. The first-order valence-corrected chi connectivity index (χ1v) is 10.7. The molecule has 0 N–H and O–H groups in total. The Bertz CT molecular complexity index is 725. The summed E-state index contributed by atoms with van der Waals surface area (Å²) >= 11 is 0. The predicted molar refractivity (Wildman–Crippen MR) is 110 cm³/mol. The van der Waals surface area contributed by atoms with Crippen molar-refractivity contribution in [3.8, 4) is 11.1 Å². The van der Waals surface area contributed by atoms with Crippen LogP contribution in [0.1, 0.15) is 82.3 Å². The zero-order valence-corrected chi connectivity index (χ0v) is 16.7. The molecule has 2 aromatic rings. The van der Waals surface area contributed by atoms with E-state index >= 15 is 0 Å². The van der Waals surface area contributed by atoms with Crippen LogP contribution in [0.25, 0.3) is 11.1 Å². The molecule has 0 heterocycles. The molecule has 0 bridgehead atoms. The maximum Gasteiger partial charge on any atom is 0.166 e. The van der Waals surface area contributed by atoms with Crippen LogP contribution in [0, 0.1) is 17.6 Å². The molecule has 1 aliphatic carbocycles. The van der Waals surface area contributed by atoms with Gasteiger partial charge in [0.25, 0.3) is 0 Å². The number of halogens is 2. The fourth-order valence-electron chi connectivity index (χ4n) is 4.49. The molecule has 0 aromatic heterocycles. The van der Waals surface area contributed by atoms with Gasteiger partial charge in [-0.2, -0.15) is 0 Å². The summed E-state index contributed by atoms with van der Waals surface area (Å²) < 4.78 is 28.8. The molecule has 0 radical (unpaired) electrons. The molecule has 3 rings (SSSR count). The minimum Gasteiger partial charge on any atom is -0.203 e. The van der Waals surface area contributed by atoms with Crippen molar-refractivity contribution in [1.82, 2.24) is 0 Å². The zero-order valence-electron chi connectivity index (χ0n) is 16.7. The number of hydrogen-bond acceptors (Lipinski definition) is 0. The second-order valence-electron chi connectivity index (χ2n) is 8.13. The predicted octanol–water partition coefficient (Wildman–Crippen LogP) is 8.05. The van der Waals surface area contributed by atoms with E-state index in [-0.39, 0.29) is 0 Å². The Balaban J connectivity index is 1.69. The molecular formula is C25H32F2. The molecule has 1 aliphatic rings. The van der Waals surface area contributed by atoms with E-state index in [1.165, 1.54) is 50.5 Å². The van der Waals surface area contributed by atoms with Gasteiger partial charge in [0.2, 0.25) is 0 Å². The molecule has 1 saturated carbocycles. The molecule has 0 atom stereocenters. The summed E-state index contributed by atoms with van der Waals surface area (Å²) in [7, 11) is 0. The molecule has 0 spiro atoms. The van der Waals surface area contributed by atoms with Crippen molar-refractivity contribution < 1.29 is 8.78 Å². The molecule has 0 saturated heterocycles. The van der Waals surface area contributed by atoms with E-state index in [9.17, 15) is 8.78 Å². The standard InChI is InChI=1S/C25H32F2/c1-3-5-7-18-8-10-19(11-9-18)20-12-14-21(15-13-20)23-17-16-22(6-4-2)24(26)25(23)27/h12-19H,3-11H2,1-2H3. The molecule has 2 heteroatoms. The lowest BCUT2D eigenvalue weighted by Crippen LogP contribution is -2.13. The van der Waals surface area contributed by atoms with Gasteiger partial charge in [0.05, 0.1) is 0 Å². The van der Waals surface area contributed by atoms with Gasteiger partial charge in [-0.1, -0.05) is 75.9 Å². The van der Waals surface area contributed by atoms with Crippen molar-refractivity contribution in [3.05, 3.63) is 59.2 Å². The summed E-state index contributed by atoms with van der Waals surface area (Å²) in [6.45, 7) is 4.24. The van der Waals surface area contributed by atoms with Gasteiger partial charge in [-0.05, 0) is 60.6 Å². The molecule has 0 aliphatic heterocycles. The van der Waals surface area contributed by atoms with Gasteiger partial charge in [0.1, 0.15) is 0 Å². The average molecular weight is 371 g/mol. The number of unbranched alkanes of at least 4 members (excludes halogenated alkanes) is 1. The normalized spacial score (nSPS) is 20.0. The van der Waals surface area contributed by atoms with E-state index in [0.29, 0.717) is 23.5 Å². The van der Waals surface area contributed by atoms with Gasteiger partial charge >= 0.3 is 0 Å². The maximum absolute atomic E-state index is 14.5. The van der Waals surface area contributed by atoms with Gasteiger partial charge in [-0.15, -0.1) is 0 Å². The van der Waals surface area contributed by atoms with Crippen molar-refractivity contribution in [2.24, 2.45) is 5.92 Å². The number of rotatable bonds is 7. The van der Waals surface area contributed by atoms with Crippen LogP contribution >= 0.6 is 0 Å². The summed E-state index contributed by atoms with van der Waals surface area (Å²) in [6, 6.07) is 11.6. The monoisotopic (exact) mass is 370 g/mol. The third kappa shape index (κ3) is 4.78. The highest BCUT2D eigenvalue weighted by molar-refractivity contribution is 5.65. The second-order valence-corrected chi connectivity index (χ2v) is 8.13. The minimum absolute atomic E-state index is 0.363. The first kappa shape index (κ1) is 20.0. The third-order valence-corrected chi connectivity index (χ3v) is 6.19. The first-order valence-electron chi connectivity index (χ1n) is 10.7. The van der Waals surface area contributed by atoms with Gasteiger partial charge in [0.15, 0.2) is 11.6 Å². The Labute approximate surface area is 163 Å². The number of aryl methyl sites for hydroxylation is 1. The van der Waals surface area contributed by atoms with Crippen molar-refractivity contribution in [3.63, 3.8) is 0 Å². The van der Waals surface area contributed by atoms with Crippen LogP contribution in [0.3, 0.4) is 0 Å². The Kier molecular flexibility index (Phi) is 7.04. The molecule has 27 heavy (non-hydrogen) atoms. The van der Waals surface area contributed by atoms with Crippen LogP contribution in [-0.4, -0.2) is 0 Å². The molecule has 0 unspecified atom stereocenters. The number of hydrogen-bond donors (Lipinski definition) is 0. The highest BCUT2D eigenvalue weighted by Crippen LogP contribution is 2.38. The molecular weight excluding hydrogens is 338 g/mol. The van der Waals surface area contributed by atoms with Crippen LogP contribution in [0.15, 0.2) is 36.4 Å². The fraction of sp³-hybridized carbons (Fsp3) is 0.520. The van der Waals surface area contributed by atoms with E-state index in [1.54, 1.807) is 12.1 Å². The highest BCUT2D eigenvalue weighted by Gasteiger charge is 2.22. The lowest BCUT2D eigenvalue weighted by atomic mass is 9.77. The zero-order chi connectivity index (χ0) is 19.2. The van der Waals surface area contributed by atoms with Gasteiger partial charge in [-0.25, -0.2) is 8.78 Å². The van der Waals surface area contributed by atoms with Crippen molar-refractivity contribution in [1.29, 1.82) is 0 Å². The van der Waals surface area contributed by atoms with Gasteiger partial charge < -0.3 is 0 Å². The molecule has 1 fully saturated rings. The Morgan fingerprint density at radius 2 is 1.52 bits per heavy atom. The van der Waals surface area contributed by atoms with E-state index in [1.807, 2.05) is 19.1 Å². The van der Waals surface area contributed by atoms with E-state index in [2.05, 4.69) is 19.1 Å². The van der Waals surface area contributed by atoms with Crippen LogP contribution in [-0.2, 0) is 6.42 Å². The van der Waals surface area contributed by atoms with Gasteiger partial charge in [-0.3, -0.25) is 0 Å². The van der Waals surface area contributed by atoms with Crippen molar-refractivity contribution >= 4 is 0 Å². The average Bonchev–Trinajstić information content (AvgIpc) is 2.71. The van der Waals surface area contributed by atoms with Crippen LogP contribution in [0.4, 0.5) is 8.78 Å². The highest BCUT2D eigenvalue weighted by atomic mass is 19.2. The minimum atomic E-state index is -0.717. The second kappa shape index (κ2) is 9.48. The van der Waals surface area contributed by atoms with Crippen LogP contribution in [0.2, 0.25) is 0 Å². The van der Waals surface area contributed by atoms with E-state index in [0.717, 1.165) is 17.9 Å². The summed E-state index contributed by atoms with van der Waals surface area (Å²) in [5.41, 5.74) is 2.93. The molecule has 0 amide bonds.